The van der Waals surface area contributed by atoms with Crippen LogP contribution in [0.15, 0.2) is 22.7 Å². The van der Waals surface area contributed by atoms with Crippen molar-refractivity contribution in [3.05, 3.63) is 34.1 Å². The van der Waals surface area contributed by atoms with E-state index < -0.39 is 0 Å². The van der Waals surface area contributed by atoms with Crippen molar-refractivity contribution in [2.45, 2.75) is 19.4 Å². The van der Waals surface area contributed by atoms with Crippen molar-refractivity contribution in [1.29, 1.82) is 0 Å². The van der Waals surface area contributed by atoms with Crippen molar-refractivity contribution in [2.75, 3.05) is 13.1 Å². The largest absolute Gasteiger partial charge is 0.352 e. The van der Waals surface area contributed by atoms with E-state index in [1.54, 1.807) is 6.07 Å². The first kappa shape index (κ1) is 16.4. The second-order valence-electron chi connectivity index (χ2n) is 4.48. The Hall–Kier alpha value is -0.650. The van der Waals surface area contributed by atoms with E-state index in [0.717, 1.165) is 36.0 Å². The average molecular weight is 352 g/mol. The monoisotopic (exact) mass is 350 g/mol. The maximum atomic E-state index is 13.1. The van der Waals surface area contributed by atoms with Gasteiger partial charge in [-0.05, 0) is 49.7 Å². The lowest BCUT2D eigenvalue weighted by atomic mass is 9.97. The third-order valence-corrected chi connectivity index (χ3v) is 3.94. The zero-order chi connectivity index (χ0) is 13.0. The lowest BCUT2D eigenvalue weighted by Crippen LogP contribution is -2.37. The molecule has 0 spiro atoms. The summed E-state index contributed by atoms with van der Waals surface area (Å²) in [5, 5.41) is 6.10. The Morgan fingerprint density at radius 1 is 1.42 bits per heavy atom. The van der Waals surface area contributed by atoms with Gasteiger partial charge in [-0.3, -0.25) is 4.79 Å². The Kier molecular flexibility index (Phi) is 6.75. The van der Waals surface area contributed by atoms with Crippen LogP contribution in [0.4, 0.5) is 4.39 Å². The summed E-state index contributed by atoms with van der Waals surface area (Å²) in [4.78, 5) is 11.9. The number of carbonyl (C=O) groups is 1. The number of amides is 1. The molecule has 1 heterocycles. The molecule has 3 nitrogen and oxygen atoms in total. The summed E-state index contributed by atoms with van der Waals surface area (Å²) in [6, 6.07) is 4.48. The highest BCUT2D eigenvalue weighted by Gasteiger charge is 2.20. The van der Waals surface area contributed by atoms with Gasteiger partial charge in [0.15, 0.2) is 0 Å². The van der Waals surface area contributed by atoms with Crippen LogP contribution in [0, 0.1) is 11.7 Å². The lowest BCUT2D eigenvalue weighted by molar-refractivity contribution is -0.125. The molecule has 1 aromatic rings. The molecule has 0 atom stereocenters. The Morgan fingerprint density at radius 2 is 2.11 bits per heavy atom. The van der Waals surface area contributed by atoms with Crippen molar-refractivity contribution in [2.24, 2.45) is 5.92 Å². The fraction of sp³-hybridized carbons (Fsp3) is 0.462. The van der Waals surface area contributed by atoms with Crippen LogP contribution in [0.1, 0.15) is 18.4 Å². The van der Waals surface area contributed by atoms with E-state index >= 15 is 0 Å². The van der Waals surface area contributed by atoms with E-state index in [4.69, 9.17) is 0 Å². The predicted octanol–water partition coefficient (Wildman–Crippen LogP) is 2.63. The Balaban J connectivity index is 0.00000180. The predicted molar refractivity (Wildman–Crippen MR) is 78.8 cm³/mol. The van der Waals surface area contributed by atoms with Gasteiger partial charge in [0, 0.05) is 16.9 Å². The van der Waals surface area contributed by atoms with Gasteiger partial charge in [0.25, 0.3) is 0 Å². The maximum absolute atomic E-state index is 13.1. The van der Waals surface area contributed by atoms with Crippen LogP contribution in [0.5, 0.6) is 0 Å². The third-order valence-electron chi connectivity index (χ3n) is 3.17. The van der Waals surface area contributed by atoms with Crippen LogP contribution in [0.25, 0.3) is 0 Å². The van der Waals surface area contributed by atoms with Gasteiger partial charge in [-0.2, -0.15) is 0 Å². The number of hydrogen-bond donors (Lipinski definition) is 2. The van der Waals surface area contributed by atoms with Crippen molar-refractivity contribution >= 4 is 34.2 Å². The zero-order valence-corrected chi connectivity index (χ0v) is 12.8. The Labute approximate surface area is 126 Å². The molecular formula is C13H17BrClFN2O. The van der Waals surface area contributed by atoms with Gasteiger partial charge < -0.3 is 10.6 Å². The minimum absolute atomic E-state index is 0. The van der Waals surface area contributed by atoms with Gasteiger partial charge >= 0.3 is 0 Å². The van der Waals surface area contributed by atoms with Crippen LogP contribution >= 0.6 is 28.3 Å². The van der Waals surface area contributed by atoms with Crippen LogP contribution in [0.2, 0.25) is 0 Å². The SMILES string of the molecule is Cl.O=C(NCc1cc(F)ccc1Br)C1CCNCC1. The van der Waals surface area contributed by atoms with Crippen molar-refractivity contribution < 1.29 is 9.18 Å². The average Bonchev–Trinajstić information content (AvgIpc) is 2.40. The second kappa shape index (κ2) is 7.82. The molecule has 6 heteroatoms. The molecule has 0 aliphatic carbocycles. The van der Waals surface area contributed by atoms with E-state index in [2.05, 4.69) is 26.6 Å². The number of piperidine rings is 1. The summed E-state index contributed by atoms with van der Waals surface area (Å²) in [7, 11) is 0. The first-order valence-electron chi connectivity index (χ1n) is 6.09. The molecule has 0 aromatic heterocycles. The fourth-order valence-corrected chi connectivity index (χ4v) is 2.48. The summed E-state index contributed by atoms with van der Waals surface area (Å²) in [5.41, 5.74) is 0.761. The highest BCUT2D eigenvalue weighted by molar-refractivity contribution is 9.10. The van der Waals surface area contributed by atoms with E-state index in [-0.39, 0.29) is 30.0 Å². The molecule has 1 saturated heterocycles. The molecule has 1 aromatic carbocycles. The number of nitrogens with one attached hydrogen (secondary N) is 2. The number of carbonyl (C=O) groups excluding carboxylic acids is 1. The van der Waals surface area contributed by atoms with E-state index in [1.807, 2.05) is 0 Å². The Morgan fingerprint density at radius 3 is 2.79 bits per heavy atom. The highest BCUT2D eigenvalue weighted by Crippen LogP contribution is 2.18. The molecule has 1 fully saturated rings. The van der Waals surface area contributed by atoms with Crippen LogP contribution in [-0.2, 0) is 11.3 Å². The first-order valence-corrected chi connectivity index (χ1v) is 6.88. The van der Waals surface area contributed by atoms with Crippen LogP contribution < -0.4 is 10.6 Å². The second-order valence-corrected chi connectivity index (χ2v) is 5.33. The normalized spacial score (nSPS) is 15.7. The minimum Gasteiger partial charge on any atom is -0.352 e. The molecule has 0 bridgehead atoms. The van der Waals surface area contributed by atoms with E-state index in [0.29, 0.717) is 6.54 Å². The topological polar surface area (TPSA) is 41.1 Å². The number of rotatable bonds is 3. The molecule has 1 amide bonds. The first-order chi connectivity index (χ1) is 8.66. The number of hydrogen-bond acceptors (Lipinski definition) is 2. The summed E-state index contributed by atoms with van der Waals surface area (Å²) in [5.74, 6) is -0.143. The summed E-state index contributed by atoms with van der Waals surface area (Å²) < 4.78 is 13.9. The van der Waals surface area contributed by atoms with Crippen molar-refractivity contribution in [3.63, 3.8) is 0 Å². The standard InChI is InChI=1S/C13H16BrFN2O.ClH/c14-12-2-1-11(15)7-10(12)8-17-13(18)9-3-5-16-6-4-9;/h1-2,7,9,16H,3-6,8H2,(H,17,18);1H. The minimum atomic E-state index is -0.288. The van der Waals surface area contributed by atoms with Gasteiger partial charge in [0.05, 0.1) is 0 Å². The number of benzene rings is 1. The van der Waals surface area contributed by atoms with Gasteiger partial charge in [0.2, 0.25) is 5.91 Å². The van der Waals surface area contributed by atoms with Crippen molar-refractivity contribution in [3.8, 4) is 0 Å². The quantitative estimate of drug-likeness (QED) is 0.879. The summed E-state index contributed by atoms with van der Waals surface area (Å²) in [6.07, 6.45) is 1.74. The molecule has 0 unspecified atom stereocenters. The molecule has 0 saturated carbocycles. The summed E-state index contributed by atoms with van der Waals surface area (Å²) >= 11 is 3.35. The molecule has 106 valence electrons. The third kappa shape index (κ3) is 4.75. The molecule has 0 radical (unpaired) electrons. The smallest absolute Gasteiger partial charge is 0.223 e. The maximum Gasteiger partial charge on any atom is 0.223 e. The molecule has 19 heavy (non-hydrogen) atoms. The van der Waals surface area contributed by atoms with Gasteiger partial charge in [-0.25, -0.2) is 4.39 Å². The van der Waals surface area contributed by atoms with Gasteiger partial charge in [-0.1, -0.05) is 15.9 Å². The van der Waals surface area contributed by atoms with E-state index in [1.165, 1.54) is 12.1 Å². The molecule has 1 aliphatic heterocycles. The molecule has 1 aliphatic rings. The summed E-state index contributed by atoms with van der Waals surface area (Å²) in [6.45, 7) is 2.14. The zero-order valence-electron chi connectivity index (χ0n) is 10.4. The highest BCUT2D eigenvalue weighted by atomic mass is 79.9. The van der Waals surface area contributed by atoms with Gasteiger partial charge in [-0.15, -0.1) is 12.4 Å². The Bertz CT molecular complexity index is 439. The lowest BCUT2D eigenvalue weighted by Gasteiger charge is -2.21. The van der Waals surface area contributed by atoms with Crippen LogP contribution in [-0.4, -0.2) is 19.0 Å². The van der Waals surface area contributed by atoms with Crippen LogP contribution in [0.3, 0.4) is 0 Å². The van der Waals surface area contributed by atoms with Gasteiger partial charge in [0.1, 0.15) is 5.82 Å². The van der Waals surface area contributed by atoms with Crippen molar-refractivity contribution in [1.82, 2.24) is 10.6 Å². The number of halogens is 3. The van der Waals surface area contributed by atoms with E-state index in [9.17, 15) is 9.18 Å². The molecule has 2 rings (SSSR count). The molecule has 2 N–H and O–H groups in total. The fourth-order valence-electron chi connectivity index (χ4n) is 2.09. The molecular weight excluding hydrogens is 335 g/mol.